The van der Waals surface area contributed by atoms with Gasteiger partial charge in [-0.3, -0.25) is 9.58 Å². The summed E-state index contributed by atoms with van der Waals surface area (Å²) >= 11 is 0. The third kappa shape index (κ3) is 3.36. The summed E-state index contributed by atoms with van der Waals surface area (Å²) in [5.74, 6) is -0.221. The van der Waals surface area contributed by atoms with Crippen LogP contribution in [-0.2, 0) is 13.0 Å². The molecule has 2 atom stereocenters. The normalized spacial score (nSPS) is 22.3. The summed E-state index contributed by atoms with van der Waals surface area (Å²) in [5, 5.41) is 14.3. The maximum Gasteiger partial charge on any atom is 0.123 e. The number of rotatable bonds is 5. The lowest BCUT2D eigenvalue weighted by atomic mass is 10.0. The van der Waals surface area contributed by atoms with Crippen molar-refractivity contribution in [2.24, 2.45) is 0 Å². The molecule has 1 aliphatic rings. The molecule has 1 saturated heterocycles. The van der Waals surface area contributed by atoms with Crippen LogP contribution in [0, 0.1) is 5.82 Å². The molecule has 1 aromatic carbocycles. The molecule has 1 aromatic heterocycles. The fourth-order valence-electron chi connectivity index (χ4n) is 3.14. The molecule has 0 amide bonds. The smallest absolute Gasteiger partial charge is 0.123 e. The Morgan fingerprint density at radius 1 is 1.32 bits per heavy atom. The first-order valence-corrected chi connectivity index (χ1v) is 7.84. The van der Waals surface area contributed by atoms with E-state index in [4.69, 9.17) is 0 Å². The summed E-state index contributed by atoms with van der Waals surface area (Å²) in [6.07, 6.45) is 5.28. The minimum Gasteiger partial charge on any atom is -0.392 e. The van der Waals surface area contributed by atoms with E-state index in [1.54, 1.807) is 0 Å². The summed E-state index contributed by atoms with van der Waals surface area (Å²) in [6, 6.07) is 6.78. The van der Waals surface area contributed by atoms with Crippen LogP contribution in [0.1, 0.15) is 30.5 Å². The van der Waals surface area contributed by atoms with Crippen molar-refractivity contribution in [1.29, 1.82) is 0 Å². The number of nitrogens with zero attached hydrogens (tertiary/aromatic N) is 3. The Morgan fingerprint density at radius 2 is 2.09 bits per heavy atom. The molecular weight excluding hydrogens is 281 g/mol. The highest BCUT2D eigenvalue weighted by Crippen LogP contribution is 2.32. The van der Waals surface area contributed by atoms with Gasteiger partial charge in [-0.2, -0.15) is 5.10 Å². The molecule has 118 valence electrons. The fraction of sp³-hybridized carbons (Fsp3) is 0.471. The first kappa shape index (κ1) is 15.2. The third-order valence-electron chi connectivity index (χ3n) is 4.33. The van der Waals surface area contributed by atoms with Gasteiger partial charge in [0.1, 0.15) is 5.82 Å². The molecule has 0 spiro atoms. The number of likely N-dealkylation sites (tertiary alicyclic amines) is 1. The minimum atomic E-state index is -0.312. The van der Waals surface area contributed by atoms with E-state index < -0.39 is 0 Å². The van der Waals surface area contributed by atoms with Crippen molar-refractivity contribution in [3.8, 4) is 0 Å². The Hall–Kier alpha value is -1.72. The molecular formula is C17H22FN3O. The van der Waals surface area contributed by atoms with Crippen LogP contribution >= 0.6 is 0 Å². The number of aliphatic hydroxyl groups excluding tert-OH is 1. The van der Waals surface area contributed by atoms with E-state index in [1.165, 1.54) is 17.7 Å². The van der Waals surface area contributed by atoms with E-state index in [1.807, 2.05) is 23.0 Å². The fourth-order valence-corrected chi connectivity index (χ4v) is 3.14. The largest absolute Gasteiger partial charge is 0.392 e. The Morgan fingerprint density at radius 3 is 2.77 bits per heavy atom. The SMILES string of the molecule is CCn1cc(CCN2C[C@H](O)C[C@H]2c2ccc(F)cc2)cn1. The van der Waals surface area contributed by atoms with Gasteiger partial charge >= 0.3 is 0 Å². The van der Waals surface area contributed by atoms with Crippen molar-refractivity contribution in [3.05, 3.63) is 53.6 Å². The zero-order chi connectivity index (χ0) is 15.5. The second-order valence-corrected chi connectivity index (χ2v) is 5.91. The summed E-state index contributed by atoms with van der Waals surface area (Å²) in [4.78, 5) is 2.28. The van der Waals surface area contributed by atoms with Crippen LogP contribution in [0.4, 0.5) is 4.39 Å². The first-order chi connectivity index (χ1) is 10.7. The number of aromatic nitrogens is 2. The Labute approximate surface area is 130 Å². The van der Waals surface area contributed by atoms with Gasteiger partial charge in [0.15, 0.2) is 0 Å². The predicted molar refractivity (Wildman–Crippen MR) is 82.9 cm³/mol. The number of hydrogen-bond acceptors (Lipinski definition) is 3. The topological polar surface area (TPSA) is 41.3 Å². The molecule has 1 N–H and O–H groups in total. The van der Waals surface area contributed by atoms with Gasteiger partial charge in [0.05, 0.1) is 12.3 Å². The Balaban J connectivity index is 1.66. The highest BCUT2D eigenvalue weighted by Gasteiger charge is 2.31. The van der Waals surface area contributed by atoms with Crippen LogP contribution in [0.25, 0.3) is 0 Å². The molecule has 2 aromatic rings. The number of hydrogen-bond donors (Lipinski definition) is 1. The Bertz CT molecular complexity index is 611. The van der Waals surface area contributed by atoms with Gasteiger partial charge in [0, 0.05) is 31.9 Å². The number of benzene rings is 1. The summed E-state index contributed by atoms with van der Waals surface area (Å²) < 4.78 is 15.0. The van der Waals surface area contributed by atoms with Crippen molar-refractivity contribution < 1.29 is 9.50 Å². The average Bonchev–Trinajstić information content (AvgIpc) is 3.12. The molecule has 3 rings (SSSR count). The van der Waals surface area contributed by atoms with E-state index in [9.17, 15) is 9.50 Å². The first-order valence-electron chi connectivity index (χ1n) is 7.84. The minimum absolute atomic E-state index is 0.164. The molecule has 0 bridgehead atoms. The quantitative estimate of drug-likeness (QED) is 0.922. The Kier molecular flexibility index (Phi) is 4.55. The van der Waals surface area contributed by atoms with Crippen LogP contribution in [0.2, 0.25) is 0 Å². The second kappa shape index (κ2) is 6.58. The highest BCUT2D eigenvalue weighted by molar-refractivity contribution is 5.21. The van der Waals surface area contributed by atoms with E-state index in [2.05, 4.69) is 23.1 Å². The number of aryl methyl sites for hydroxylation is 1. The van der Waals surface area contributed by atoms with Crippen LogP contribution < -0.4 is 0 Å². The van der Waals surface area contributed by atoms with E-state index in [0.29, 0.717) is 13.0 Å². The van der Waals surface area contributed by atoms with Crippen LogP contribution in [0.3, 0.4) is 0 Å². The standard InChI is InChI=1S/C17H22FN3O/c1-2-21-11-13(10-19-21)7-8-20-12-16(22)9-17(20)14-3-5-15(18)6-4-14/h3-6,10-11,16-17,22H,2,7-9,12H2,1H3/t16-,17+/m1/s1. The van der Waals surface area contributed by atoms with Gasteiger partial charge < -0.3 is 5.11 Å². The molecule has 0 saturated carbocycles. The maximum atomic E-state index is 13.1. The van der Waals surface area contributed by atoms with Crippen molar-refractivity contribution in [1.82, 2.24) is 14.7 Å². The zero-order valence-corrected chi connectivity index (χ0v) is 12.8. The number of halogens is 1. The zero-order valence-electron chi connectivity index (χ0n) is 12.8. The molecule has 22 heavy (non-hydrogen) atoms. The number of β-amino-alcohol motifs (C(OH)–C–C–N with tert-alkyl or cyclic N) is 1. The van der Waals surface area contributed by atoms with E-state index >= 15 is 0 Å². The lowest BCUT2D eigenvalue weighted by Gasteiger charge is -2.24. The number of aliphatic hydroxyl groups is 1. The predicted octanol–water partition coefficient (Wildman–Crippen LogP) is 2.39. The molecule has 1 aliphatic heterocycles. The second-order valence-electron chi connectivity index (χ2n) is 5.91. The third-order valence-corrected chi connectivity index (χ3v) is 4.33. The average molecular weight is 303 g/mol. The lowest BCUT2D eigenvalue weighted by molar-refractivity contribution is 0.175. The molecule has 4 nitrogen and oxygen atoms in total. The van der Waals surface area contributed by atoms with E-state index in [-0.39, 0.29) is 18.0 Å². The van der Waals surface area contributed by atoms with Gasteiger partial charge in [-0.1, -0.05) is 12.1 Å². The summed E-state index contributed by atoms with van der Waals surface area (Å²) in [5.41, 5.74) is 2.28. The van der Waals surface area contributed by atoms with Crippen molar-refractivity contribution in [2.45, 2.75) is 38.5 Å². The van der Waals surface area contributed by atoms with Crippen LogP contribution in [0.5, 0.6) is 0 Å². The van der Waals surface area contributed by atoms with E-state index in [0.717, 1.165) is 25.1 Å². The molecule has 1 fully saturated rings. The van der Waals surface area contributed by atoms with Crippen molar-refractivity contribution in [2.75, 3.05) is 13.1 Å². The van der Waals surface area contributed by atoms with Gasteiger partial charge in [-0.25, -0.2) is 4.39 Å². The van der Waals surface area contributed by atoms with Crippen LogP contribution in [-0.4, -0.2) is 39.0 Å². The molecule has 0 radical (unpaired) electrons. The van der Waals surface area contributed by atoms with Gasteiger partial charge in [0.2, 0.25) is 0 Å². The molecule has 0 unspecified atom stereocenters. The highest BCUT2D eigenvalue weighted by atomic mass is 19.1. The molecule has 2 heterocycles. The van der Waals surface area contributed by atoms with Crippen LogP contribution in [0.15, 0.2) is 36.7 Å². The monoisotopic (exact) mass is 303 g/mol. The molecule has 0 aliphatic carbocycles. The lowest BCUT2D eigenvalue weighted by Crippen LogP contribution is -2.27. The maximum absolute atomic E-state index is 13.1. The van der Waals surface area contributed by atoms with Crippen molar-refractivity contribution in [3.63, 3.8) is 0 Å². The summed E-state index contributed by atoms with van der Waals surface area (Å²) in [7, 11) is 0. The van der Waals surface area contributed by atoms with Gasteiger partial charge in [0.25, 0.3) is 0 Å². The summed E-state index contributed by atoms with van der Waals surface area (Å²) in [6.45, 7) is 4.48. The molecule has 5 heteroatoms. The van der Waals surface area contributed by atoms with Gasteiger partial charge in [-0.05, 0) is 43.0 Å². The van der Waals surface area contributed by atoms with Gasteiger partial charge in [-0.15, -0.1) is 0 Å². The van der Waals surface area contributed by atoms with Crippen molar-refractivity contribution >= 4 is 0 Å².